The van der Waals surface area contributed by atoms with Crippen LogP contribution in [0.3, 0.4) is 0 Å². The predicted octanol–water partition coefficient (Wildman–Crippen LogP) is 1.31. The molecule has 0 fully saturated rings. The number of methoxy groups -OCH3 is 1. The Bertz CT molecular complexity index is 326. The molecule has 0 aliphatic rings. The molecule has 0 radical (unpaired) electrons. The number of phenols is 1. The summed E-state index contributed by atoms with van der Waals surface area (Å²) in [5, 5.41) is 9.39. The SMILES string of the molecule is COc1c(O)c(C)cc(CN)c1F. The minimum atomic E-state index is -0.590. The molecule has 0 saturated carbocycles. The average Bonchev–Trinajstić information content (AvgIpc) is 2.12. The summed E-state index contributed by atoms with van der Waals surface area (Å²) in [6, 6.07) is 1.51. The van der Waals surface area contributed by atoms with Gasteiger partial charge in [0.05, 0.1) is 7.11 Å². The molecule has 0 aliphatic carbocycles. The van der Waals surface area contributed by atoms with Crippen molar-refractivity contribution >= 4 is 0 Å². The molecule has 1 aromatic carbocycles. The van der Waals surface area contributed by atoms with Crippen molar-refractivity contribution in [1.29, 1.82) is 0 Å². The van der Waals surface area contributed by atoms with Crippen molar-refractivity contribution in [2.45, 2.75) is 13.5 Å². The quantitative estimate of drug-likeness (QED) is 0.730. The molecule has 13 heavy (non-hydrogen) atoms. The van der Waals surface area contributed by atoms with Gasteiger partial charge in [0.25, 0.3) is 0 Å². The lowest BCUT2D eigenvalue weighted by atomic mass is 10.1. The van der Waals surface area contributed by atoms with E-state index in [2.05, 4.69) is 0 Å². The molecule has 0 unspecified atom stereocenters. The third-order valence-electron chi connectivity index (χ3n) is 1.88. The molecule has 0 amide bonds. The van der Waals surface area contributed by atoms with Crippen LogP contribution in [-0.4, -0.2) is 12.2 Å². The Hall–Kier alpha value is -1.29. The van der Waals surface area contributed by atoms with Gasteiger partial charge in [-0.05, 0) is 18.6 Å². The van der Waals surface area contributed by atoms with Crippen molar-refractivity contribution in [2.24, 2.45) is 5.73 Å². The predicted molar refractivity (Wildman–Crippen MR) is 47.2 cm³/mol. The number of nitrogens with two attached hydrogens (primary N) is 1. The maximum absolute atomic E-state index is 13.3. The van der Waals surface area contributed by atoms with E-state index in [9.17, 15) is 9.50 Å². The summed E-state index contributed by atoms with van der Waals surface area (Å²) in [6.45, 7) is 1.75. The number of hydrogen-bond donors (Lipinski definition) is 2. The average molecular weight is 185 g/mol. The van der Waals surface area contributed by atoms with Crippen LogP contribution in [0, 0.1) is 12.7 Å². The van der Waals surface area contributed by atoms with Gasteiger partial charge < -0.3 is 15.6 Å². The van der Waals surface area contributed by atoms with Crippen molar-refractivity contribution < 1.29 is 14.2 Å². The molecule has 0 aromatic heterocycles. The van der Waals surface area contributed by atoms with E-state index in [-0.39, 0.29) is 18.0 Å². The zero-order valence-corrected chi connectivity index (χ0v) is 7.60. The topological polar surface area (TPSA) is 55.5 Å². The molecular formula is C9H12FNO2. The zero-order chi connectivity index (χ0) is 10.0. The number of rotatable bonds is 2. The summed E-state index contributed by atoms with van der Waals surface area (Å²) in [4.78, 5) is 0. The van der Waals surface area contributed by atoms with Crippen molar-refractivity contribution in [3.63, 3.8) is 0 Å². The molecule has 1 aromatic rings. The first-order chi connectivity index (χ1) is 6.11. The number of aromatic hydroxyl groups is 1. The Labute approximate surface area is 75.9 Å². The first-order valence-electron chi connectivity index (χ1n) is 3.86. The standard InChI is InChI=1S/C9H12FNO2/c1-5-3-6(4-11)7(10)9(13-2)8(5)12/h3,12H,4,11H2,1-2H3. The van der Waals surface area contributed by atoms with Gasteiger partial charge in [-0.25, -0.2) is 4.39 Å². The van der Waals surface area contributed by atoms with Crippen LogP contribution in [0.5, 0.6) is 11.5 Å². The molecule has 0 heterocycles. The second-order valence-electron chi connectivity index (χ2n) is 2.75. The van der Waals surface area contributed by atoms with E-state index >= 15 is 0 Å². The van der Waals surface area contributed by atoms with E-state index in [1.807, 2.05) is 0 Å². The van der Waals surface area contributed by atoms with Gasteiger partial charge in [-0.3, -0.25) is 0 Å². The van der Waals surface area contributed by atoms with Crippen molar-refractivity contribution in [2.75, 3.05) is 7.11 Å². The summed E-state index contributed by atoms with van der Waals surface area (Å²) < 4.78 is 18.1. The Morgan fingerprint density at radius 3 is 2.69 bits per heavy atom. The molecular weight excluding hydrogens is 173 g/mol. The highest BCUT2D eigenvalue weighted by molar-refractivity contribution is 5.49. The molecule has 1 rings (SSSR count). The smallest absolute Gasteiger partial charge is 0.197 e. The fourth-order valence-electron chi connectivity index (χ4n) is 1.16. The molecule has 0 bridgehead atoms. The maximum atomic E-state index is 13.3. The lowest BCUT2D eigenvalue weighted by molar-refractivity contribution is 0.347. The highest BCUT2D eigenvalue weighted by Gasteiger charge is 2.15. The number of halogens is 1. The van der Waals surface area contributed by atoms with Crippen molar-refractivity contribution in [3.05, 3.63) is 23.0 Å². The normalized spacial score (nSPS) is 10.2. The highest BCUT2D eigenvalue weighted by Crippen LogP contribution is 2.34. The molecule has 0 spiro atoms. The van der Waals surface area contributed by atoms with Crippen LogP contribution in [0.1, 0.15) is 11.1 Å². The Morgan fingerprint density at radius 2 is 2.23 bits per heavy atom. The number of ether oxygens (including phenoxy) is 1. The van der Waals surface area contributed by atoms with E-state index < -0.39 is 5.82 Å². The number of phenolic OH excluding ortho intramolecular Hbond substituents is 1. The minimum absolute atomic E-state index is 0.0866. The first kappa shape index (κ1) is 9.80. The van der Waals surface area contributed by atoms with E-state index in [1.54, 1.807) is 6.92 Å². The van der Waals surface area contributed by atoms with Crippen LogP contribution in [0.15, 0.2) is 6.07 Å². The maximum Gasteiger partial charge on any atom is 0.197 e. The number of aryl methyl sites for hydroxylation is 1. The summed E-state index contributed by atoms with van der Waals surface area (Å²) in [6.07, 6.45) is 0. The van der Waals surface area contributed by atoms with Gasteiger partial charge in [-0.2, -0.15) is 0 Å². The van der Waals surface area contributed by atoms with Crippen LogP contribution in [-0.2, 0) is 6.54 Å². The lowest BCUT2D eigenvalue weighted by Gasteiger charge is -2.10. The van der Waals surface area contributed by atoms with Crippen molar-refractivity contribution in [3.8, 4) is 11.5 Å². The van der Waals surface area contributed by atoms with E-state index in [0.29, 0.717) is 11.1 Å². The minimum Gasteiger partial charge on any atom is -0.504 e. The third-order valence-corrected chi connectivity index (χ3v) is 1.88. The molecule has 0 saturated heterocycles. The Morgan fingerprint density at radius 1 is 1.62 bits per heavy atom. The molecule has 3 nitrogen and oxygen atoms in total. The largest absolute Gasteiger partial charge is 0.504 e. The van der Waals surface area contributed by atoms with Crippen LogP contribution in [0.2, 0.25) is 0 Å². The highest BCUT2D eigenvalue weighted by atomic mass is 19.1. The monoisotopic (exact) mass is 185 g/mol. The van der Waals surface area contributed by atoms with Crippen LogP contribution in [0.4, 0.5) is 4.39 Å². The zero-order valence-electron chi connectivity index (χ0n) is 7.60. The molecule has 0 atom stereocenters. The van der Waals surface area contributed by atoms with Crippen LogP contribution >= 0.6 is 0 Å². The number of benzene rings is 1. The third kappa shape index (κ3) is 1.58. The lowest BCUT2D eigenvalue weighted by Crippen LogP contribution is -2.02. The fourth-order valence-corrected chi connectivity index (χ4v) is 1.16. The van der Waals surface area contributed by atoms with Gasteiger partial charge in [0, 0.05) is 12.1 Å². The first-order valence-corrected chi connectivity index (χ1v) is 3.86. The molecule has 72 valence electrons. The van der Waals surface area contributed by atoms with Gasteiger partial charge in [0.1, 0.15) is 0 Å². The van der Waals surface area contributed by atoms with E-state index in [0.717, 1.165) is 0 Å². The summed E-state index contributed by atoms with van der Waals surface area (Å²) >= 11 is 0. The number of hydrogen-bond acceptors (Lipinski definition) is 3. The van der Waals surface area contributed by atoms with Gasteiger partial charge in [0.15, 0.2) is 17.3 Å². The second kappa shape index (κ2) is 3.62. The summed E-state index contributed by atoms with van der Waals surface area (Å²) in [5.41, 5.74) is 6.21. The van der Waals surface area contributed by atoms with Gasteiger partial charge in [-0.1, -0.05) is 0 Å². The summed E-state index contributed by atoms with van der Waals surface area (Å²) in [7, 11) is 1.30. The summed E-state index contributed by atoms with van der Waals surface area (Å²) in [5.74, 6) is -0.897. The fraction of sp³-hybridized carbons (Fsp3) is 0.333. The van der Waals surface area contributed by atoms with Gasteiger partial charge >= 0.3 is 0 Å². The van der Waals surface area contributed by atoms with Crippen LogP contribution in [0.25, 0.3) is 0 Å². The molecule has 0 aliphatic heterocycles. The van der Waals surface area contributed by atoms with E-state index in [4.69, 9.17) is 10.5 Å². The van der Waals surface area contributed by atoms with Crippen LogP contribution < -0.4 is 10.5 Å². The second-order valence-corrected chi connectivity index (χ2v) is 2.75. The van der Waals surface area contributed by atoms with E-state index in [1.165, 1.54) is 13.2 Å². The Balaban J connectivity index is 3.39. The Kier molecular flexibility index (Phi) is 2.72. The van der Waals surface area contributed by atoms with Crippen molar-refractivity contribution in [1.82, 2.24) is 0 Å². The van der Waals surface area contributed by atoms with Gasteiger partial charge in [0.2, 0.25) is 0 Å². The van der Waals surface area contributed by atoms with Gasteiger partial charge in [-0.15, -0.1) is 0 Å². The molecule has 3 N–H and O–H groups in total. The molecule has 4 heteroatoms.